The van der Waals surface area contributed by atoms with E-state index in [2.05, 4.69) is 0 Å². The molecule has 1 rings (SSSR count). The lowest BCUT2D eigenvalue weighted by atomic mass is 9.90. The molecule has 1 N–H and O–H groups in total. The van der Waals surface area contributed by atoms with Gasteiger partial charge >= 0.3 is 5.97 Å². The Morgan fingerprint density at radius 1 is 1.31 bits per heavy atom. The predicted octanol–water partition coefficient (Wildman–Crippen LogP) is 1.97. The average Bonchev–Trinajstić information content (AvgIpc) is 2.22. The van der Waals surface area contributed by atoms with Gasteiger partial charge in [0, 0.05) is 19.1 Å². The van der Waals surface area contributed by atoms with E-state index in [1.807, 2.05) is 32.1 Å². The average molecular weight is 226 g/mol. The SMILES string of the molecule is CCOC1(OCC)C=CC=CC1CC(=O)O. The van der Waals surface area contributed by atoms with Crippen LogP contribution >= 0.6 is 0 Å². The van der Waals surface area contributed by atoms with Crippen LogP contribution in [0.4, 0.5) is 0 Å². The summed E-state index contributed by atoms with van der Waals surface area (Å²) in [6, 6.07) is 0. The first-order valence-corrected chi connectivity index (χ1v) is 5.50. The van der Waals surface area contributed by atoms with Crippen molar-refractivity contribution in [3.63, 3.8) is 0 Å². The van der Waals surface area contributed by atoms with Gasteiger partial charge in [0.25, 0.3) is 0 Å². The number of carbonyl (C=O) groups is 1. The number of rotatable bonds is 6. The molecule has 1 aliphatic carbocycles. The molecule has 4 heteroatoms. The topological polar surface area (TPSA) is 55.8 Å². The molecule has 0 aromatic heterocycles. The monoisotopic (exact) mass is 226 g/mol. The molecular formula is C12H18O4. The molecule has 0 aromatic rings. The Kier molecular flexibility index (Phi) is 4.71. The highest BCUT2D eigenvalue weighted by Gasteiger charge is 2.39. The Morgan fingerprint density at radius 3 is 2.44 bits per heavy atom. The molecule has 0 fully saturated rings. The van der Waals surface area contributed by atoms with Crippen LogP contribution in [0, 0.1) is 5.92 Å². The molecule has 0 heterocycles. The summed E-state index contributed by atoms with van der Waals surface area (Å²) in [5.74, 6) is -2.06. The Hall–Kier alpha value is -1.13. The highest BCUT2D eigenvalue weighted by Crippen LogP contribution is 2.32. The van der Waals surface area contributed by atoms with Crippen LogP contribution in [0.3, 0.4) is 0 Å². The molecule has 90 valence electrons. The molecule has 0 amide bonds. The lowest BCUT2D eigenvalue weighted by Crippen LogP contribution is -2.43. The lowest BCUT2D eigenvalue weighted by molar-refractivity contribution is -0.224. The van der Waals surface area contributed by atoms with Gasteiger partial charge in [0.2, 0.25) is 0 Å². The largest absolute Gasteiger partial charge is 0.481 e. The molecular weight excluding hydrogens is 208 g/mol. The molecule has 0 bridgehead atoms. The van der Waals surface area contributed by atoms with Gasteiger partial charge in [0.05, 0.1) is 6.42 Å². The van der Waals surface area contributed by atoms with Crippen molar-refractivity contribution in [3.8, 4) is 0 Å². The van der Waals surface area contributed by atoms with Crippen molar-refractivity contribution >= 4 is 5.97 Å². The van der Waals surface area contributed by atoms with Crippen LogP contribution in [0.15, 0.2) is 24.3 Å². The van der Waals surface area contributed by atoms with Gasteiger partial charge in [-0.05, 0) is 19.9 Å². The van der Waals surface area contributed by atoms with E-state index < -0.39 is 11.8 Å². The van der Waals surface area contributed by atoms with Crippen LogP contribution in [0.25, 0.3) is 0 Å². The maximum Gasteiger partial charge on any atom is 0.304 e. The van der Waals surface area contributed by atoms with E-state index in [4.69, 9.17) is 14.6 Å². The number of aliphatic carboxylic acids is 1. The summed E-state index contributed by atoms with van der Waals surface area (Å²) in [6.07, 6.45) is 7.25. The fourth-order valence-corrected chi connectivity index (χ4v) is 1.85. The van der Waals surface area contributed by atoms with Gasteiger partial charge in [-0.2, -0.15) is 0 Å². The zero-order chi connectivity index (χ0) is 12.0. The van der Waals surface area contributed by atoms with Gasteiger partial charge in [-0.1, -0.05) is 18.2 Å². The van der Waals surface area contributed by atoms with Gasteiger partial charge in [-0.15, -0.1) is 0 Å². The normalized spacial score (nSPS) is 22.2. The molecule has 4 nitrogen and oxygen atoms in total. The van der Waals surface area contributed by atoms with Gasteiger partial charge in [-0.25, -0.2) is 0 Å². The van der Waals surface area contributed by atoms with Crippen LogP contribution in [-0.4, -0.2) is 30.1 Å². The molecule has 0 spiro atoms. The maximum absolute atomic E-state index is 10.8. The van der Waals surface area contributed by atoms with Gasteiger partial charge in [-0.3, -0.25) is 4.79 Å². The fraction of sp³-hybridized carbons (Fsp3) is 0.583. The van der Waals surface area contributed by atoms with Crippen LogP contribution < -0.4 is 0 Å². The van der Waals surface area contributed by atoms with E-state index in [1.165, 1.54) is 0 Å². The first kappa shape index (κ1) is 12.9. The van der Waals surface area contributed by atoms with Crippen molar-refractivity contribution in [1.29, 1.82) is 0 Å². The Bertz CT molecular complexity index is 287. The molecule has 0 saturated carbocycles. The minimum absolute atomic E-state index is 0.000833. The third-order valence-electron chi connectivity index (χ3n) is 2.43. The minimum Gasteiger partial charge on any atom is -0.481 e. The standard InChI is InChI=1S/C12H18O4/c1-3-15-12(16-4-2)8-6-5-7-10(12)9-11(13)14/h5-8,10H,3-4,9H2,1-2H3,(H,13,14). The van der Waals surface area contributed by atoms with E-state index in [1.54, 1.807) is 6.08 Å². The zero-order valence-electron chi connectivity index (χ0n) is 9.68. The summed E-state index contributed by atoms with van der Waals surface area (Å²) >= 11 is 0. The third kappa shape index (κ3) is 2.93. The molecule has 1 atom stereocenters. The van der Waals surface area contributed by atoms with E-state index in [-0.39, 0.29) is 12.3 Å². The Morgan fingerprint density at radius 2 is 1.94 bits per heavy atom. The Labute approximate surface area is 95.6 Å². The van der Waals surface area contributed by atoms with Crippen LogP contribution in [0.5, 0.6) is 0 Å². The smallest absolute Gasteiger partial charge is 0.304 e. The van der Waals surface area contributed by atoms with Gasteiger partial charge < -0.3 is 14.6 Å². The highest BCUT2D eigenvalue weighted by atomic mass is 16.7. The molecule has 1 unspecified atom stereocenters. The number of hydrogen-bond acceptors (Lipinski definition) is 3. The van der Waals surface area contributed by atoms with Crippen molar-refractivity contribution in [1.82, 2.24) is 0 Å². The molecule has 16 heavy (non-hydrogen) atoms. The summed E-state index contributed by atoms with van der Waals surface area (Å²) in [4.78, 5) is 10.8. The minimum atomic E-state index is -0.920. The van der Waals surface area contributed by atoms with E-state index in [0.29, 0.717) is 13.2 Å². The van der Waals surface area contributed by atoms with Crippen molar-refractivity contribution < 1.29 is 19.4 Å². The summed E-state index contributed by atoms with van der Waals surface area (Å²) in [6.45, 7) is 4.69. The van der Waals surface area contributed by atoms with Crippen molar-refractivity contribution in [2.45, 2.75) is 26.1 Å². The van der Waals surface area contributed by atoms with E-state index in [9.17, 15) is 4.79 Å². The van der Waals surface area contributed by atoms with Gasteiger partial charge in [0.1, 0.15) is 0 Å². The quantitative estimate of drug-likeness (QED) is 0.703. The number of carboxylic acid groups (broad SMARTS) is 1. The van der Waals surface area contributed by atoms with E-state index in [0.717, 1.165) is 0 Å². The highest BCUT2D eigenvalue weighted by molar-refractivity contribution is 5.67. The van der Waals surface area contributed by atoms with Crippen molar-refractivity contribution in [2.24, 2.45) is 5.92 Å². The summed E-state index contributed by atoms with van der Waals surface area (Å²) in [7, 11) is 0. The molecule has 1 aliphatic rings. The third-order valence-corrected chi connectivity index (χ3v) is 2.43. The molecule has 0 radical (unpaired) electrons. The van der Waals surface area contributed by atoms with Crippen LogP contribution in [-0.2, 0) is 14.3 Å². The molecule has 0 saturated heterocycles. The summed E-state index contributed by atoms with van der Waals surface area (Å²) < 4.78 is 11.2. The maximum atomic E-state index is 10.8. The zero-order valence-corrected chi connectivity index (χ0v) is 9.68. The Balaban J connectivity index is 2.87. The predicted molar refractivity (Wildman–Crippen MR) is 60.0 cm³/mol. The number of hydrogen-bond donors (Lipinski definition) is 1. The lowest BCUT2D eigenvalue weighted by Gasteiger charge is -2.37. The van der Waals surface area contributed by atoms with Crippen molar-refractivity contribution in [3.05, 3.63) is 24.3 Å². The second-order valence-electron chi connectivity index (χ2n) is 3.54. The first-order chi connectivity index (χ1) is 7.64. The number of ether oxygens (including phenoxy) is 2. The first-order valence-electron chi connectivity index (χ1n) is 5.50. The molecule has 0 aromatic carbocycles. The summed E-state index contributed by atoms with van der Waals surface area (Å²) in [5.41, 5.74) is 0. The molecule has 0 aliphatic heterocycles. The second kappa shape index (κ2) is 5.82. The van der Waals surface area contributed by atoms with Gasteiger partial charge in [0.15, 0.2) is 5.79 Å². The van der Waals surface area contributed by atoms with Crippen LogP contribution in [0.1, 0.15) is 20.3 Å². The van der Waals surface area contributed by atoms with Crippen molar-refractivity contribution in [2.75, 3.05) is 13.2 Å². The second-order valence-corrected chi connectivity index (χ2v) is 3.54. The number of allylic oxidation sites excluding steroid dienone is 2. The number of carboxylic acids is 1. The van der Waals surface area contributed by atoms with E-state index >= 15 is 0 Å². The summed E-state index contributed by atoms with van der Waals surface area (Å²) in [5, 5.41) is 8.87. The fourth-order valence-electron chi connectivity index (χ4n) is 1.85. The van der Waals surface area contributed by atoms with Crippen LogP contribution in [0.2, 0.25) is 0 Å².